The Bertz CT molecular complexity index is 776. The lowest BCUT2D eigenvalue weighted by atomic mass is 10.2. The van der Waals surface area contributed by atoms with Crippen LogP contribution in [0.2, 0.25) is 5.02 Å². The predicted octanol–water partition coefficient (Wildman–Crippen LogP) is 2.14. The van der Waals surface area contributed by atoms with Gasteiger partial charge in [-0.1, -0.05) is 29.8 Å². The van der Waals surface area contributed by atoms with Gasteiger partial charge in [0.2, 0.25) is 0 Å². The smallest absolute Gasteiger partial charge is 0.270 e. The molecular weight excluding hydrogens is 342 g/mol. The van der Waals surface area contributed by atoms with Crippen LogP contribution in [0.15, 0.2) is 42.6 Å². The van der Waals surface area contributed by atoms with Gasteiger partial charge in [0.1, 0.15) is 5.69 Å². The fourth-order valence-electron chi connectivity index (χ4n) is 2.54. The van der Waals surface area contributed by atoms with E-state index in [4.69, 9.17) is 16.3 Å². The number of benzene rings is 1. The Balaban J connectivity index is 1.67. The van der Waals surface area contributed by atoms with Crippen molar-refractivity contribution in [1.29, 1.82) is 0 Å². The fraction of sp³-hybridized carbons (Fsp3) is 0.278. The molecule has 6 nitrogen and oxygen atoms in total. The summed E-state index contributed by atoms with van der Waals surface area (Å²) in [7, 11) is 0. The van der Waals surface area contributed by atoms with Crippen molar-refractivity contribution in [2.45, 2.75) is 6.54 Å². The van der Waals surface area contributed by atoms with E-state index in [0.717, 1.165) is 5.56 Å². The second-order valence-electron chi connectivity index (χ2n) is 5.61. The summed E-state index contributed by atoms with van der Waals surface area (Å²) in [5.41, 5.74) is 1.46. The van der Waals surface area contributed by atoms with Crippen LogP contribution in [0.25, 0.3) is 0 Å². The van der Waals surface area contributed by atoms with Crippen LogP contribution in [0.5, 0.6) is 0 Å². The molecule has 0 aliphatic carbocycles. The largest absolute Gasteiger partial charge is 0.378 e. The molecule has 0 unspecified atom stereocenters. The maximum atomic E-state index is 12.5. The summed E-state index contributed by atoms with van der Waals surface area (Å²) < 4.78 is 5.25. The second-order valence-corrected chi connectivity index (χ2v) is 6.02. The molecule has 0 bridgehead atoms. The standard InChI is InChI=1S/C18H18ClN3O3/c19-15-4-2-1-3-14(15)12-21-17(23)16-11-13(5-6-20-16)18(24)22-7-9-25-10-8-22/h1-6,11H,7-10,12H2,(H,21,23). The normalized spacial score (nSPS) is 14.2. The molecule has 1 aromatic heterocycles. The molecule has 2 heterocycles. The van der Waals surface area contributed by atoms with Crippen LogP contribution in [-0.2, 0) is 11.3 Å². The zero-order chi connectivity index (χ0) is 17.6. The Morgan fingerprint density at radius 2 is 1.96 bits per heavy atom. The van der Waals surface area contributed by atoms with Gasteiger partial charge in [0, 0.05) is 36.4 Å². The molecule has 0 radical (unpaired) electrons. The van der Waals surface area contributed by atoms with Gasteiger partial charge in [-0.3, -0.25) is 14.6 Å². The zero-order valence-corrected chi connectivity index (χ0v) is 14.3. The van der Waals surface area contributed by atoms with E-state index >= 15 is 0 Å². The summed E-state index contributed by atoms with van der Waals surface area (Å²) in [6.45, 7) is 2.45. The number of carbonyl (C=O) groups excluding carboxylic acids is 2. The third-order valence-electron chi connectivity index (χ3n) is 3.94. The Morgan fingerprint density at radius 1 is 1.20 bits per heavy atom. The van der Waals surface area contributed by atoms with Crippen molar-refractivity contribution in [3.05, 3.63) is 64.4 Å². The first-order valence-electron chi connectivity index (χ1n) is 8.00. The van der Waals surface area contributed by atoms with Gasteiger partial charge in [-0.25, -0.2) is 0 Å². The van der Waals surface area contributed by atoms with Gasteiger partial charge in [0.15, 0.2) is 0 Å². The molecule has 1 aliphatic rings. The van der Waals surface area contributed by atoms with E-state index in [9.17, 15) is 9.59 Å². The van der Waals surface area contributed by atoms with Crippen LogP contribution >= 0.6 is 11.6 Å². The summed E-state index contributed by atoms with van der Waals surface area (Å²) in [4.78, 5) is 30.6. The highest BCUT2D eigenvalue weighted by atomic mass is 35.5. The highest BCUT2D eigenvalue weighted by Crippen LogP contribution is 2.14. The Kier molecular flexibility index (Phi) is 5.63. The van der Waals surface area contributed by atoms with E-state index in [1.165, 1.54) is 12.3 Å². The molecule has 0 saturated carbocycles. The van der Waals surface area contributed by atoms with Crippen LogP contribution in [0, 0.1) is 0 Å². The van der Waals surface area contributed by atoms with Crippen LogP contribution in [0.3, 0.4) is 0 Å². The number of rotatable bonds is 4. The highest BCUT2D eigenvalue weighted by Gasteiger charge is 2.20. The minimum absolute atomic E-state index is 0.120. The van der Waals surface area contributed by atoms with E-state index in [1.54, 1.807) is 17.0 Å². The van der Waals surface area contributed by atoms with E-state index in [0.29, 0.717) is 43.4 Å². The number of nitrogens with zero attached hydrogens (tertiary/aromatic N) is 2. The Morgan fingerprint density at radius 3 is 2.72 bits per heavy atom. The molecule has 0 atom stereocenters. The number of amides is 2. The average Bonchev–Trinajstić information content (AvgIpc) is 2.67. The van der Waals surface area contributed by atoms with Gasteiger partial charge >= 0.3 is 0 Å². The Labute approximate surface area is 150 Å². The molecule has 1 aromatic carbocycles. The molecule has 7 heteroatoms. The molecule has 1 fully saturated rings. The number of hydrogen-bond acceptors (Lipinski definition) is 4. The molecule has 130 valence electrons. The predicted molar refractivity (Wildman–Crippen MR) is 93.6 cm³/mol. The lowest BCUT2D eigenvalue weighted by Gasteiger charge is -2.26. The number of halogens is 1. The topological polar surface area (TPSA) is 71.5 Å². The lowest BCUT2D eigenvalue weighted by molar-refractivity contribution is 0.0303. The SMILES string of the molecule is O=C(NCc1ccccc1Cl)c1cc(C(=O)N2CCOCC2)ccn1. The number of nitrogens with one attached hydrogen (secondary N) is 1. The highest BCUT2D eigenvalue weighted by molar-refractivity contribution is 6.31. The number of pyridine rings is 1. The van der Waals surface area contributed by atoms with E-state index < -0.39 is 0 Å². The van der Waals surface area contributed by atoms with Gasteiger partial charge < -0.3 is 15.0 Å². The third kappa shape index (κ3) is 4.35. The van der Waals surface area contributed by atoms with Crippen molar-refractivity contribution in [3.8, 4) is 0 Å². The lowest BCUT2D eigenvalue weighted by Crippen LogP contribution is -2.40. The molecular formula is C18H18ClN3O3. The first kappa shape index (κ1) is 17.4. The molecule has 1 aliphatic heterocycles. The molecule has 1 saturated heterocycles. The van der Waals surface area contributed by atoms with Crippen molar-refractivity contribution >= 4 is 23.4 Å². The third-order valence-corrected chi connectivity index (χ3v) is 4.30. The van der Waals surface area contributed by atoms with Crippen LogP contribution in [-0.4, -0.2) is 48.0 Å². The fourth-order valence-corrected chi connectivity index (χ4v) is 2.75. The van der Waals surface area contributed by atoms with Crippen molar-refractivity contribution in [3.63, 3.8) is 0 Å². The monoisotopic (exact) mass is 359 g/mol. The Hall–Kier alpha value is -2.44. The molecule has 2 aromatic rings. The molecule has 25 heavy (non-hydrogen) atoms. The number of aromatic nitrogens is 1. The van der Waals surface area contributed by atoms with Gasteiger partial charge in [-0.05, 0) is 23.8 Å². The van der Waals surface area contributed by atoms with Gasteiger partial charge in [0.25, 0.3) is 11.8 Å². The van der Waals surface area contributed by atoms with Crippen molar-refractivity contribution < 1.29 is 14.3 Å². The maximum Gasteiger partial charge on any atom is 0.270 e. The van der Waals surface area contributed by atoms with E-state index in [2.05, 4.69) is 10.3 Å². The van der Waals surface area contributed by atoms with Crippen LogP contribution in [0.1, 0.15) is 26.4 Å². The van der Waals surface area contributed by atoms with Crippen molar-refractivity contribution in [1.82, 2.24) is 15.2 Å². The number of morpholine rings is 1. The summed E-state index contributed by atoms with van der Waals surface area (Å²) >= 11 is 6.08. The van der Waals surface area contributed by atoms with Gasteiger partial charge in [-0.15, -0.1) is 0 Å². The first-order valence-corrected chi connectivity index (χ1v) is 8.37. The number of hydrogen-bond donors (Lipinski definition) is 1. The van der Waals surface area contributed by atoms with Crippen molar-refractivity contribution in [2.75, 3.05) is 26.3 Å². The van der Waals surface area contributed by atoms with Gasteiger partial charge in [-0.2, -0.15) is 0 Å². The zero-order valence-electron chi connectivity index (χ0n) is 13.6. The summed E-state index contributed by atoms with van der Waals surface area (Å²) in [5, 5.41) is 3.36. The maximum absolute atomic E-state index is 12.5. The van der Waals surface area contributed by atoms with Gasteiger partial charge in [0.05, 0.1) is 13.2 Å². The molecule has 2 amide bonds. The summed E-state index contributed by atoms with van der Waals surface area (Å²) in [6, 6.07) is 10.4. The molecule has 0 spiro atoms. The number of carbonyl (C=O) groups is 2. The quantitative estimate of drug-likeness (QED) is 0.907. The minimum atomic E-state index is -0.350. The van der Waals surface area contributed by atoms with E-state index in [1.807, 2.05) is 18.2 Å². The van der Waals surface area contributed by atoms with Crippen LogP contribution in [0.4, 0.5) is 0 Å². The summed E-state index contributed by atoms with van der Waals surface area (Å²) in [5.74, 6) is -0.470. The summed E-state index contributed by atoms with van der Waals surface area (Å²) in [6.07, 6.45) is 1.47. The van der Waals surface area contributed by atoms with Crippen molar-refractivity contribution in [2.24, 2.45) is 0 Å². The molecule has 3 rings (SSSR count). The first-order chi connectivity index (χ1) is 12.1. The number of ether oxygens (including phenoxy) is 1. The average molecular weight is 360 g/mol. The van der Waals surface area contributed by atoms with Crippen LogP contribution < -0.4 is 5.32 Å². The molecule has 1 N–H and O–H groups in total. The minimum Gasteiger partial charge on any atom is -0.378 e. The van der Waals surface area contributed by atoms with E-state index in [-0.39, 0.29) is 17.5 Å². The second kappa shape index (κ2) is 8.09.